The summed E-state index contributed by atoms with van der Waals surface area (Å²) >= 11 is 0. The molecule has 5 rings (SSSR count). The summed E-state index contributed by atoms with van der Waals surface area (Å²) in [4.78, 5) is 24.6. The van der Waals surface area contributed by atoms with Crippen molar-refractivity contribution >= 4 is 11.9 Å². The number of halogens is 2. The van der Waals surface area contributed by atoms with Crippen molar-refractivity contribution in [2.45, 2.75) is 71.1 Å². The van der Waals surface area contributed by atoms with Crippen molar-refractivity contribution in [1.29, 1.82) is 0 Å². The summed E-state index contributed by atoms with van der Waals surface area (Å²) in [6.07, 6.45) is 7.03. The van der Waals surface area contributed by atoms with Crippen LogP contribution in [-0.4, -0.2) is 64.6 Å². The Labute approximate surface area is 216 Å². The van der Waals surface area contributed by atoms with Gasteiger partial charge in [0.25, 0.3) is 5.92 Å². The fourth-order valence-electron chi connectivity index (χ4n) is 5.60. The first-order valence-corrected chi connectivity index (χ1v) is 13.6. The summed E-state index contributed by atoms with van der Waals surface area (Å²) in [5.74, 6) is 0.814. The van der Waals surface area contributed by atoms with Crippen molar-refractivity contribution in [3.8, 4) is 5.88 Å². The number of anilines is 1. The molecule has 37 heavy (non-hydrogen) atoms. The molecule has 2 aliphatic heterocycles. The first-order chi connectivity index (χ1) is 17.7. The third-order valence-corrected chi connectivity index (χ3v) is 7.98. The predicted molar refractivity (Wildman–Crippen MR) is 134 cm³/mol. The maximum Gasteiger partial charge on any atom is 0.324 e. The largest absolute Gasteiger partial charge is 0.477 e. The van der Waals surface area contributed by atoms with Gasteiger partial charge in [-0.05, 0) is 61.5 Å². The number of likely N-dealkylation sites (tertiary alicyclic amines) is 1. The zero-order valence-electron chi connectivity index (χ0n) is 22.0. The summed E-state index contributed by atoms with van der Waals surface area (Å²) < 4.78 is 37.6. The van der Waals surface area contributed by atoms with Crippen LogP contribution in [0.2, 0.25) is 0 Å². The van der Waals surface area contributed by atoms with E-state index in [1.165, 1.54) is 11.3 Å². The molecule has 2 aromatic heterocycles. The number of rotatable bonds is 10. The Kier molecular flexibility index (Phi) is 7.36. The number of piperidine rings is 1. The molecule has 0 radical (unpaired) electrons. The molecular formula is C27H37F2N5O3. The summed E-state index contributed by atoms with van der Waals surface area (Å²) in [5.41, 5.74) is 1.68. The van der Waals surface area contributed by atoms with Crippen molar-refractivity contribution < 1.29 is 22.8 Å². The number of alkyl halides is 2. The molecule has 1 amide bonds. The highest BCUT2D eigenvalue weighted by atomic mass is 19.3. The molecule has 0 aromatic carbocycles. The SMILES string of the molecule is CCc1cc(CC(=O)N2CC(F)(F)C2)cnc1OCC[C@@H]1C[C@@H]1C1CCN(c2nc(C(C)C)no2)CC1. The maximum atomic E-state index is 13.0. The second-order valence-corrected chi connectivity index (χ2v) is 11.2. The first kappa shape index (κ1) is 25.9. The molecule has 8 nitrogen and oxygen atoms in total. The number of amides is 1. The Morgan fingerprint density at radius 3 is 2.68 bits per heavy atom. The molecular weight excluding hydrogens is 480 g/mol. The Hall–Kier alpha value is -2.78. The molecule has 10 heteroatoms. The lowest BCUT2D eigenvalue weighted by Crippen LogP contribution is -2.58. The number of carbonyl (C=O) groups excluding carboxylic acids is 1. The first-order valence-electron chi connectivity index (χ1n) is 13.6. The van der Waals surface area contributed by atoms with Gasteiger partial charge in [-0.3, -0.25) is 4.79 Å². The van der Waals surface area contributed by atoms with E-state index in [9.17, 15) is 13.6 Å². The molecule has 2 atom stereocenters. The van der Waals surface area contributed by atoms with E-state index in [1.54, 1.807) is 6.20 Å². The number of aryl methyl sites for hydroxylation is 1. The van der Waals surface area contributed by atoms with E-state index >= 15 is 0 Å². The van der Waals surface area contributed by atoms with Gasteiger partial charge in [-0.2, -0.15) is 4.98 Å². The second kappa shape index (κ2) is 10.5. The van der Waals surface area contributed by atoms with Gasteiger partial charge in [0.2, 0.25) is 11.8 Å². The van der Waals surface area contributed by atoms with Gasteiger partial charge in [0.1, 0.15) is 0 Å². The standard InChI is InChI=1S/C27H37F2N5O3/c1-4-19-11-18(12-23(35)34-15-27(28,29)16-34)14-30-25(19)36-10-7-21-13-22(21)20-5-8-33(9-6-20)26-31-24(17(2)3)32-37-26/h11,14,17,20-22H,4-10,12-13,15-16H2,1-3H3/t21-,22-/m1/s1. The highest BCUT2D eigenvalue weighted by Gasteiger charge is 2.46. The lowest BCUT2D eigenvalue weighted by atomic mass is 9.90. The van der Waals surface area contributed by atoms with E-state index in [4.69, 9.17) is 9.26 Å². The molecule has 1 saturated carbocycles. The molecule has 0 N–H and O–H groups in total. The van der Waals surface area contributed by atoms with Crippen LogP contribution in [0.5, 0.6) is 5.88 Å². The number of pyridine rings is 1. The Balaban J connectivity index is 1.04. The van der Waals surface area contributed by atoms with E-state index < -0.39 is 19.0 Å². The van der Waals surface area contributed by atoms with Gasteiger partial charge in [-0.15, -0.1) is 0 Å². The summed E-state index contributed by atoms with van der Waals surface area (Å²) in [6, 6.07) is 2.57. The monoisotopic (exact) mass is 517 g/mol. The van der Waals surface area contributed by atoms with Crippen molar-refractivity contribution in [3.63, 3.8) is 0 Å². The molecule has 0 unspecified atom stereocenters. The number of hydrogen-bond acceptors (Lipinski definition) is 7. The molecule has 2 saturated heterocycles. The zero-order chi connectivity index (χ0) is 26.2. The number of aromatic nitrogens is 3. The van der Waals surface area contributed by atoms with Crippen molar-refractivity contribution in [1.82, 2.24) is 20.0 Å². The third kappa shape index (κ3) is 6.04. The minimum atomic E-state index is -2.75. The minimum absolute atomic E-state index is 0.0876. The van der Waals surface area contributed by atoms with Gasteiger partial charge in [-0.1, -0.05) is 25.9 Å². The topological polar surface area (TPSA) is 84.6 Å². The van der Waals surface area contributed by atoms with Crippen LogP contribution in [0, 0.1) is 17.8 Å². The maximum absolute atomic E-state index is 13.0. The molecule has 3 fully saturated rings. The van der Waals surface area contributed by atoms with E-state index in [-0.39, 0.29) is 18.2 Å². The number of nitrogens with zero attached hydrogens (tertiary/aromatic N) is 5. The average molecular weight is 518 g/mol. The van der Waals surface area contributed by atoms with Crippen molar-refractivity contribution in [2.24, 2.45) is 17.8 Å². The molecule has 3 aliphatic rings. The Morgan fingerprint density at radius 1 is 1.27 bits per heavy atom. The highest BCUT2D eigenvalue weighted by molar-refractivity contribution is 5.79. The van der Waals surface area contributed by atoms with Crippen LogP contribution in [-0.2, 0) is 17.6 Å². The lowest BCUT2D eigenvalue weighted by molar-refractivity contribution is -0.165. The summed E-state index contributed by atoms with van der Waals surface area (Å²) in [5, 5.41) is 4.09. The fourth-order valence-corrected chi connectivity index (χ4v) is 5.60. The molecule has 0 bridgehead atoms. The van der Waals surface area contributed by atoms with Crippen molar-refractivity contribution in [3.05, 3.63) is 29.2 Å². The molecule has 0 spiro atoms. The van der Waals surface area contributed by atoms with Crippen LogP contribution < -0.4 is 9.64 Å². The van der Waals surface area contributed by atoms with Crippen LogP contribution in [0.1, 0.15) is 69.3 Å². The average Bonchev–Trinajstić information content (AvgIpc) is 3.45. The van der Waals surface area contributed by atoms with Gasteiger partial charge in [0.15, 0.2) is 5.82 Å². The van der Waals surface area contributed by atoms with Gasteiger partial charge in [0.05, 0.1) is 26.1 Å². The fraction of sp³-hybridized carbons (Fsp3) is 0.704. The summed E-state index contributed by atoms with van der Waals surface area (Å²) in [6.45, 7) is 7.73. The van der Waals surface area contributed by atoms with Gasteiger partial charge >= 0.3 is 6.01 Å². The van der Waals surface area contributed by atoms with E-state index in [0.717, 1.165) is 67.6 Å². The smallest absolute Gasteiger partial charge is 0.324 e. The van der Waals surface area contributed by atoms with E-state index in [2.05, 4.69) is 33.9 Å². The van der Waals surface area contributed by atoms with Crippen molar-refractivity contribution in [2.75, 3.05) is 37.7 Å². The van der Waals surface area contributed by atoms with Crippen LogP contribution in [0.15, 0.2) is 16.8 Å². The summed E-state index contributed by atoms with van der Waals surface area (Å²) in [7, 11) is 0. The quantitative estimate of drug-likeness (QED) is 0.459. The molecule has 2 aromatic rings. The van der Waals surface area contributed by atoms with Crippen LogP contribution >= 0.6 is 0 Å². The van der Waals surface area contributed by atoms with Crippen LogP contribution in [0.3, 0.4) is 0 Å². The number of carbonyl (C=O) groups is 1. The normalized spacial score (nSPS) is 23.3. The Morgan fingerprint density at radius 2 is 2.03 bits per heavy atom. The highest BCUT2D eigenvalue weighted by Crippen LogP contribution is 2.50. The minimum Gasteiger partial charge on any atom is -0.477 e. The third-order valence-electron chi connectivity index (χ3n) is 7.98. The number of hydrogen-bond donors (Lipinski definition) is 0. The van der Waals surface area contributed by atoms with Gasteiger partial charge < -0.3 is 19.1 Å². The predicted octanol–water partition coefficient (Wildman–Crippen LogP) is 4.49. The van der Waals surface area contributed by atoms with E-state index in [0.29, 0.717) is 24.4 Å². The second-order valence-electron chi connectivity index (χ2n) is 11.2. The van der Waals surface area contributed by atoms with Gasteiger partial charge in [-0.25, -0.2) is 13.8 Å². The molecule has 202 valence electrons. The van der Waals surface area contributed by atoms with Gasteiger partial charge in [0, 0.05) is 30.8 Å². The Bertz CT molecular complexity index is 1090. The number of ether oxygens (including phenoxy) is 1. The zero-order valence-corrected chi connectivity index (χ0v) is 22.0. The molecule has 4 heterocycles. The lowest BCUT2D eigenvalue weighted by Gasteiger charge is -2.38. The van der Waals surface area contributed by atoms with Crippen LogP contribution in [0.25, 0.3) is 0 Å². The molecule has 1 aliphatic carbocycles. The van der Waals surface area contributed by atoms with E-state index in [1.807, 2.05) is 13.0 Å². The van der Waals surface area contributed by atoms with Crippen LogP contribution in [0.4, 0.5) is 14.8 Å².